The molecule has 1 aromatic rings. The van der Waals surface area contributed by atoms with Gasteiger partial charge in [-0.05, 0) is 25.0 Å². The predicted molar refractivity (Wildman–Crippen MR) is 72.2 cm³/mol. The first-order chi connectivity index (χ1) is 8.52. The molecule has 100 valence electrons. The Balaban J connectivity index is 2.99. The fraction of sp³-hybridized carbons (Fsp3) is 0.533. The molecular weight excluding hydrogens is 228 g/mol. The number of phenols is 2. The molecule has 0 fully saturated rings. The molecule has 0 aliphatic rings. The first kappa shape index (κ1) is 14.6. The maximum atomic E-state index is 12.2. The van der Waals surface area contributed by atoms with Crippen LogP contribution in [-0.2, 0) is 6.42 Å². The van der Waals surface area contributed by atoms with Crippen LogP contribution in [0.3, 0.4) is 0 Å². The normalized spacial score (nSPS) is 12.4. The maximum absolute atomic E-state index is 12.2. The molecule has 1 unspecified atom stereocenters. The molecule has 18 heavy (non-hydrogen) atoms. The van der Waals surface area contributed by atoms with E-state index < -0.39 is 0 Å². The van der Waals surface area contributed by atoms with Crippen molar-refractivity contribution in [2.24, 2.45) is 5.92 Å². The number of carbonyl (C=O) groups excluding carboxylic acids is 1. The number of phenolic OH excluding ortho intramolecular Hbond substituents is 2. The van der Waals surface area contributed by atoms with Gasteiger partial charge in [0.1, 0.15) is 11.5 Å². The lowest BCUT2D eigenvalue weighted by Crippen LogP contribution is -2.12. The van der Waals surface area contributed by atoms with Crippen molar-refractivity contribution in [2.45, 2.75) is 46.5 Å². The van der Waals surface area contributed by atoms with E-state index in [-0.39, 0.29) is 23.2 Å². The minimum absolute atomic E-state index is 0.0457. The number of carbonyl (C=O) groups is 1. The van der Waals surface area contributed by atoms with Crippen LogP contribution in [0.15, 0.2) is 12.1 Å². The van der Waals surface area contributed by atoms with E-state index >= 15 is 0 Å². The highest BCUT2D eigenvalue weighted by Crippen LogP contribution is 2.32. The van der Waals surface area contributed by atoms with E-state index in [1.807, 2.05) is 13.8 Å². The highest BCUT2D eigenvalue weighted by Gasteiger charge is 2.20. The zero-order valence-corrected chi connectivity index (χ0v) is 11.4. The van der Waals surface area contributed by atoms with Crippen molar-refractivity contribution in [1.29, 1.82) is 0 Å². The lowest BCUT2D eigenvalue weighted by molar-refractivity contribution is 0.0919. The summed E-state index contributed by atoms with van der Waals surface area (Å²) < 4.78 is 0. The van der Waals surface area contributed by atoms with Crippen molar-refractivity contribution in [1.82, 2.24) is 0 Å². The third-order valence-corrected chi connectivity index (χ3v) is 3.32. The van der Waals surface area contributed by atoms with E-state index in [1.54, 1.807) is 0 Å². The number of aromatic hydroxyl groups is 2. The summed E-state index contributed by atoms with van der Waals surface area (Å²) in [6.07, 6.45) is 3.39. The number of rotatable bonds is 6. The Labute approximate surface area is 108 Å². The molecule has 0 saturated carbocycles. The monoisotopic (exact) mass is 250 g/mol. The van der Waals surface area contributed by atoms with Crippen LogP contribution in [0.1, 0.15) is 56.0 Å². The molecule has 0 aliphatic heterocycles. The summed E-state index contributed by atoms with van der Waals surface area (Å²) in [6.45, 7) is 5.81. The van der Waals surface area contributed by atoms with Crippen LogP contribution in [0.25, 0.3) is 0 Å². The van der Waals surface area contributed by atoms with Gasteiger partial charge in [-0.2, -0.15) is 0 Å². The summed E-state index contributed by atoms with van der Waals surface area (Å²) in [5.74, 6) is -0.153. The molecule has 0 amide bonds. The highest BCUT2D eigenvalue weighted by molar-refractivity contribution is 6.00. The number of Topliss-reactive ketones (excluding diaryl/α,β-unsaturated/α-hetero) is 1. The molecule has 0 bridgehead atoms. The van der Waals surface area contributed by atoms with E-state index in [0.29, 0.717) is 17.5 Å². The Bertz CT molecular complexity index is 424. The van der Waals surface area contributed by atoms with Gasteiger partial charge in [0.25, 0.3) is 0 Å². The minimum atomic E-state index is -0.0925. The summed E-state index contributed by atoms with van der Waals surface area (Å²) in [5, 5.41) is 19.6. The molecule has 0 spiro atoms. The summed E-state index contributed by atoms with van der Waals surface area (Å²) in [7, 11) is 0. The molecule has 1 aromatic carbocycles. The summed E-state index contributed by atoms with van der Waals surface area (Å²) in [5.41, 5.74) is 0.775. The minimum Gasteiger partial charge on any atom is -0.508 e. The van der Waals surface area contributed by atoms with Crippen LogP contribution >= 0.6 is 0 Å². The van der Waals surface area contributed by atoms with Crippen molar-refractivity contribution in [3.05, 3.63) is 23.3 Å². The van der Waals surface area contributed by atoms with Gasteiger partial charge in [-0.1, -0.05) is 33.6 Å². The standard InChI is InChI=1S/C15H22O3/c1-4-6-7-10(3)14(17)12-8-9-13(16)11(5-2)15(12)18/h8-10,16,18H,4-7H2,1-3H3. The van der Waals surface area contributed by atoms with Crippen LogP contribution in [0.2, 0.25) is 0 Å². The van der Waals surface area contributed by atoms with Gasteiger partial charge in [-0.25, -0.2) is 0 Å². The number of hydrogen-bond acceptors (Lipinski definition) is 3. The van der Waals surface area contributed by atoms with Gasteiger partial charge in [-0.3, -0.25) is 4.79 Å². The predicted octanol–water partition coefficient (Wildman–Crippen LogP) is 3.67. The van der Waals surface area contributed by atoms with Crippen molar-refractivity contribution in [2.75, 3.05) is 0 Å². The molecule has 3 nitrogen and oxygen atoms in total. The largest absolute Gasteiger partial charge is 0.508 e. The van der Waals surface area contributed by atoms with Crippen LogP contribution < -0.4 is 0 Å². The first-order valence-corrected chi connectivity index (χ1v) is 6.60. The topological polar surface area (TPSA) is 57.5 Å². The van der Waals surface area contributed by atoms with Crippen molar-refractivity contribution in [3.8, 4) is 11.5 Å². The van der Waals surface area contributed by atoms with Gasteiger partial charge in [0.2, 0.25) is 0 Å². The van der Waals surface area contributed by atoms with Crippen LogP contribution in [0.4, 0.5) is 0 Å². The second-order valence-corrected chi connectivity index (χ2v) is 4.72. The van der Waals surface area contributed by atoms with Crippen molar-refractivity contribution >= 4 is 5.78 Å². The molecule has 1 rings (SSSR count). The van der Waals surface area contributed by atoms with E-state index in [2.05, 4.69) is 6.92 Å². The summed E-state index contributed by atoms with van der Waals surface area (Å²) in [6, 6.07) is 2.99. The van der Waals surface area contributed by atoms with Gasteiger partial charge >= 0.3 is 0 Å². The third kappa shape index (κ3) is 3.03. The zero-order valence-electron chi connectivity index (χ0n) is 11.4. The molecule has 2 N–H and O–H groups in total. The second-order valence-electron chi connectivity index (χ2n) is 4.72. The van der Waals surface area contributed by atoms with Gasteiger partial charge in [0.05, 0.1) is 5.56 Å². The fourth-order valence-corrected chi connectivity index (χ4v) is 2.08. The van der Waals surface area contributed by atoms with Crippen LogP contribution in [0, 0.1) is 5.92 Å². The van der Waals surface area contributed by atoms with Gasteiger partial charge in [-0.15, -0.1) is 0 Å². The number of hydrogen-bond donors (Lipinski definition) is 2. The average Bonchev–Trinajstić information content (AvgIpc) is 2.36. The van der Waals surface area contributed by atoms with Crippen LogP contribution in [-0.4, -0.2) is 16.0 Å². The SMILES string of the molecule is CCCCC(C)C(=O)c1ccc(O)c(CC)c1O. The first-order valence-electron chi connectivity index (χ1n) is 6.60. The molecule has 0 saturated heterocycles. The lowest BCUT2D eigenvalue weighted by atomic mass is 9.92. The molecule has 0 aliphatic carbocycles. The maximum Gasteiger partial charge on any atom is 0.169 e. The Morgan fingerprint density at radius 3 is 2.50 bits per heavy atom. The quantitative estimate of drug-likeness (QED) is 0.757. The molecule has 0 radical (unpaired) electrons. The number of unbranched alkanes of at least 4 members (excludes halogenated alkanes) is 1. The molecule has 1 atom stereocenters. The third-order valence-electron chi connectivity index (χ3n) is 3.32. The molecular formula is C15H22O3. The highest BCUT2D eigenvalue weighted by atomic mass is 16.3. The Hall–Kier alpha value is -1.51. The second kappa shape index (κ2) is 6.43. The molecule has 0 heterocycles. The van der Waals surface area contributed by atoms with Crippen molar-refractivity contribution < 1.29 is 15.0 Å². The summed E-state index contributed by atoms with van der Waals surface area (Å²) in [4.78, 5) is 12.2. The van der Waals surface area contributed by atoms with Gasteiger partial charge < -0.3 is 10.2 Å². The Kier molecular flexibility index (Phi) is 5.20. The molecule has 3 heteroatoms. The lowest BCUT2D eigenvalue weighted by Gasteiger charge is -2.13. The van der Waals surface area contributed by atoms with Gasteiger partial charge in [0, 0.05) is 11.5 Å². The van der Waals surface area contributed by atoms with Crippen LogP contribution in [0.5, 0.6) is 11.5 Å². The van der Waals surface area contributed by atoms with Gasteiger partial charge in [0.15, 0.2) is 5.78 Å². The molecule has 0 aromatic heterocycles. The van der Waals surface area contributed by atoms with E-state index in [9.17, 15) is 15.0 Å². The smallest absolute Gasteiger partial charge is 0.169 e. The average molecular weight is 250 g/mol. The Morgan fingerprint density at radius 1 is 1.28 bits per heavy atom. The van der Waals surface area contributed by atoms with E-state index in [0.717, 1.165) is 19.3 Å². The number of benzene rings is 1. The van der Waals surface area contributed by atoms with E-state index in [1.165, 1.54) is 12.1 Å². The zero-order chi connectivity index (χ0) is 13.7. The Morgan fingerprint density at radius 2 is 1.94 bits per heavy atom. The van der Waals surface area contributed by atoms with Crippen molar-refractivity contribution in [3.63, 3.8) is 0 Å². The fourth-order valence-electron chi connectivity index (χ4n) is 2.08. The summed E-state index contributed by atoms with van der Waals surface area (Å²) >= 11 is 0. The number of ketones is 1. The van der Waals surface area contributed by atoms with E-state index in [4.69, 9.17) is 0 Å².